The molecule has 0 fully saturated rings. The first-order chi connectivity index (χ1) is 14.1. The van der Waals surface area contributed by atoms with E-state index in [1.54, 1.807) is 11.8 Å². The Bertz CT molecular complexity index is 921. The van der Waals surface area contributed by atoms with E-state index in [0.29, 0.717) is 18.3 Å². The minimum Gasteiger partial charge on any atom is -0.354 e. The van der Waals surface area contributed by atoms with Crippen molar-refractivity contribution in [3.8, 4) is 11.4 Å². The lowest BCUT2D eigenvalue weighted by molar-refractivity contribution is -0.122. The summed E-state index contributed by atoms with van der Waals surface area (Å²) in [5.41, 5.74) is 0.870. The van der Waals surface area contributed by atoms with Crippen molar-refractivity contribution in [3.05, 3.63) is 36.2 Å². The largest absolute Gasteiger partial charge is 0.354 e. The molecule has 0 atom stereocenters. The second-order valence-corrected chi connectivity index (χ2v) is 7.84. The first kappa shape index (κ1) is 21.0. The van der Waals surface area contributed by atoms with Crippen LogP contribution in [0, 0.1) is 5.92 Å². The third-order valence-corrected chi connectivity index (χ3v) is 4.86. The Morgan fingerprint density at radius 1 is 1.17 bits per heavy atom. The molecule has 154 valence electrons. The fraction of sp³-hybridized carbons (Fsp3) is 0.474. The molecule has 1 N–H and O–H groups in total. The Hall–Kier alpha value is -2.75. The average Bonchev–Trinajstić information content (AvgIpc) is 3.32. The molecule has 0 unspecified atom stereocenters. The van der Waals surface area contributed by atoms with E-state index in [-0.39, 0.29) is 12.5 Å². The van der Waals surface area contributed by atoms with E-state index >= 15 is 0 Å². The summed E-state index contributed by atoms with van der Waals surface area (Å²) in [4.78, 5) is 13.5. The number of aromatic nitrogens is 7. The first-order valence-corrected chi connectivity index (χ1v) is 10.8. The van der Waals surface area contributed by atoms with Crippen LogP contribution in [0.2, 0.25) is 0 Å². The number of tetrazole rings is 1. The second-order valence-electron chi connectivity index (χ2n) is 7.07. The molecule has 2 heterocycles. The Balaban J connectivity index is 1.45. The van der Waals surface area contributed by atoms with Crippen molar-refractivity contribution in [1.29, 1.82) is 0 Å². The number of carbonyl (C=O) groups excluding carboxylic acids is 1. The predicted molar refractivity (Wildman–Crippen MR) is 111 cm³/mol. The molecule has 1 aromatic carbocycles. The van der Waals surface area contributed by atoms with Gasteiger partial charge in [-0.05, 0) is 23.8 Å². The van der Waals surface area contributed by atoms with E-state index in [2.05, 4.69) is 49.3 Å². The summed E-state index contributed by atoms with van der Waals surface area (Å²) >= 11 is 1.60. The summed E-state index contributed by atoms with van der Waals surface area (Å²) in [6.07, 6.45) is 3.56. The summed E-state index contributed by atoms with van der Waals surface area (Å²) in [6, 6.07) is 9.55. The number of hydrogen-bond donors (Lipinski definition) is 1. The van der Waals surface area contributed by atoms with Gasteiger partial charge < -0.3 is 9.88 Å². The Morgan fingerprint density at radius 3 is 2.69 bits per heavy atom. The highest BCUT2D eigenvalue weighted by atomic mass is 32.2. The van der Waals surface area contributed by atoms with Crippen molar-refractivity contribution in [3.63, 3.8) is 0 Å². The maximum Gasteiger partial charge on any atom is 0.243 e. The van der Waals surface area contributed by atoms with Crippen LogP contribution in [0.1, 0.15) is 26.1 Å². The number of thioether (sulfide) groups is 1. The van der Waals surface area contributed by atoms with Crippen molar-refractivity contribution < 1.29 is 4.79 Å². The van der Waals surface area contributed by atoms with Crippen LogP contribution in [0.5, 0.6) is 0 Å². The van der Waals surface area contributed by atoms with E-state index in [1.807, 2.05) is 36.6 Å². The highest BCUT2D eigenvalue weighted by molar-refractivity contribution is 7.98. The molecule has 3 aromatic rings. The summed E-state index contributed by atoms with van der Waals surface area (Å²) in [5.74, 6) is 1.84. The van der Waals surface area contributed by atoms with Crippen LogP contribution < -0.4 is 5.32 Å². The maximum absolute atomic E-state index is 12.2. The Morgan fingerprint density at radius 2 is 1.97 bits per heavy atom. The summed E-state index contributed by atoms with van der Waals surface area (Å²) in [7, 11) is 0. The summed E-state index contributed by atoms with van der Waals surface area (Å²) in [5, 5.41) is 24.6. The van der Waals surface area contributed by atoms with Gasteiger partial charge in [0.15, 0.2) is 5.16 Å². The van der Waals surface area contributed by atoms with Crippen LogP contribution >= 0.6 is 11.8 Å². The minimum absolute atomic E-state index is 0.0417. The number of benzene rings is 1. The zero-order valence-corrected chi connectivity index (χ0v) is 17.8. The molecule has 0 aliphatic carbocycles. The first-order valence-electron chi connectivity index (χ1n) is 9.62. The molecule has 0 radical (unpaired) electrons. The molecular formula is C19H26N8OS. The molecule has 0 bridgehead atoms. The van der Waals surface area contributed by atoms with Gasteiger partial charge >= 0.3 is 0 Å². The lowest BCUT2D eigenvalue weighted by Crippen LogP contribution is -2.29. The van der Waals surface area contributed by atoms with Crippen LogP contribution in [0.3, 0.4) is 0 Å². The van der Waals surface area contributed by atoms with Gasteiger partial charge in [-0.25, -0.2) is 0 Å². The van der Waals surface area contributed by atoms with Crippen molar-refractivity contribution in [2.24, 2.45) is 5.92 Å². The molecule has 0 aliphatic heterocycles. The number of carbonyl (C=O) groups is 1. The van der Waals surface area contributed by atoms with Crippen molar-refractivity contribution in [2.75, 3.05) is 12.8 Å². The molecule has 1 amide bonds. The number of amides is 1. The van der Waals surface area contributed by atoms with Gasteiger partial charge in [-0.2, -0.15) is 4.80 Å². The SMILES string of the molecule is CSc1nnc(CCCNC(=O)Cn2nnc(-c3ccccc3)n2)n1CC(C)C. The van der Waals surface area contributed by atoms with Crippen LogP contribution in [0.4, 0.5) is 0 Å². The molecule has 0 saturated heterocycles. The van der Waals surface area contributed by atoms with Gasteiger partial charge in [-0.15, -0.1) is 20.4 Å². The smallest absolute Gasteiger partial charge is 0.243 e. The lowest BCUT2D eigenvalue weighted by Gasteiger charge is -2.11. The van der Waals surface area contributed by atoms with E-state index in [0.717, 1.165) is 35.9 Å². The zero-order chi connectivity index (χ0) is 20.6. The standard InChI is InChI=1S/C19H26N8OS/c1-14(2)12-26-16(21-23-19(26)29-3)10-7-11-20-17(28)13-27-24-18(22-25-27)15-8-5-4-6-9-15/h4-6,8-9,14H,7,10-13H2,1-3H3,(H,20,28). The van der Waals surface area contributed by atoms with E-state index in [4.69, 9.17) is 0 Å². The molecular weight excluding hydrogens is 388 g/mol. The van der Waals surface area contributed by atoms with Crippen LogP contribution in [0.25, 0.3) is 11.4 Å². The van der Waals surface area contributed by atoms with Gasteiger partial charge in [0.1, 0.15) is 12.4 Å². The molecule has 0 saturated carbocycles. The molecule has 2 aromatic heterocycles. The number of rotatable bonds is 10. The van der Waals surface area contributed by atoms with E-state index in [9.17, 15) is 4.79 Å². The van der Waals surface area contributed by atoms with Crippen LogP contribution in [0.15, 0.2) is 35.5 Å². The fourth-order valence-corrected chi connectivity index (χ4v) is 3.40. The summed E-state index contributed by atoms with van der Waals surface area (Å²) in [6.45, 7) is 5.85. The van der Waals surface area contributed by atoms with E-state index in [1.165, 1.54) is 4.80 Å². The van der Waals surface area contributed by atoms with Gasteiger partial charge in [0.05, 0.1) is 0 Å². The monoisotopic (exact) mass is 414 g/mol. The molecule has 10 heteroatoms. The number of nitrogens with zero attached hydrogens (tertiary/aromatic N) is 7. The minimum atomic E-state index is -0.143. The summed E-state index contributed by atoms with van der Waals surface area (Å²) < 4.78 is 2.17. The second kappa shape index (κ2) is 10.1. The van der Waals surface area contributed by atoms with Crippen LogP contribution in [-0.2, 0) is 24.3 Å². The van der Waals surface area contributed by atoms with Crippen LogP contribution in [-0.4, -0.2) is 53.7 Å². The van der Waals surface area contributed by atoms with Crippen molar-refractivity contribution >= 4 is 17.7 Å². The zero-order valence-electron chi connectivity index (χ0n) is 16.9. The number of aryl methyl sites for hydroxylation is 1. The molecule has 0 aliphatic rings. The van der Waals surface area contributed by atoms with Crippen molar-refractivity contribution in [1.82, 2.24) is 40.3 Å². The fourth-order valence-electron chi connectivity index (χ4n) is 2.88. The number of hydrogen-bond acceptors (Lipinski definition) is 7. The average molecular weight is 415 g/mol. The highest BCUT2D eigenvalue weighted by Gasteiger charge is 2.13. The third-order valence-electron chi connectivity index (χ3n) is 4.19. The lowest BCUT2D eigenvalue weighted by atomic mass is 10.2. The highest BCUT2D eigenvalue weighted by Crippen LogP contribution is 2.16. The van der Waals surface area contributed by atoms with Gasteiger partial charge in [0, 0.05) is 25.1 Å². The normalized spacial score (nSPS) is 11.2. The van der Waals surface area contributed by atoms with Crippen molar-refractivity contribution in [2.45, 2.75) is 44.9 Å². The van der Waals surface area contributed by atoms with Gasteiger partial charge in [0.2, 0.25) is 11.7 Å². The molecule has 3 rings (SSSR count). The van der Waals surface area contributed by atoms with Gasteiger partial charge in [-0.3, -0.25) is 4.79 Å². The topological polar surface area (TPSA) is 103 Å². The predicted octanol–water partition coefficient (Wildman–Crippen LogP) is 2.06. The quantitative estimate of drug-likeness (QED) is 0.400. The molecule has 0 spiro atoms. The van der Waals surface area contributed by atoms with Gasteiger partial charge in [0.25, 0.3) is 0 Å². The molecule has 9 nitrogen and oxygen atoms in total. The molecule has 29 heavy (non-hydrogen) atoms. The van der Waals surface area contributed by atoms with E-state index < -0.39 is 0 Å². The third kappa shape index (κ3) is 5.86. The Kier molecular flexibility index (Phi) is 7.34. The maximum atomic E-state index is 12.2. The van der Waals surface area contributed by atoms with Gasteiger partial charge in [-0.1, -0.05) is 55.9 Å². The number of nitrogens with one attached hydrogen (secondary N) is 1. The Labute approximate surface area is 174 Å².